The molecule has 7 nitrogen and oxygen atoms in total. The Bertz CT molecular complexity index is 563. The molecule has 148 valence electrons. The minimum absolute atomic E-state index is 0. The van der Waals surface area contributed by atoms with E-state index in [0.717, 1.165) is 30.8 Å². The summed E-state index contributed by atoms with van der Waals surface area (Å²) < 4.78 is 0. The zero-order chi connectivity index (χ0) is 18.2. The molecule has 1 saturated carbocycles. The molecule has 1 spiro atoms. The van der Waals surface area contributed by atoms with Crippen molar-refractivity contribution in [3.63, 3.8) is 0 Å². The number of halogens is 1. The van der Waals surface area contributed by atoms with Crippen LogP contribution in [0, 0.1) is 17.3 Å². The summed E-state index contributed by atoms with van der Waals surface area (Å²) in [6, 6.07) is -0.431. The lowest BCUT2D eigenvalue weighted by atomic mass is 9.67. The maximum Gasteiger partial charge on any atom is 0.325 e. The Morgan fingerprint density at radius 2 is 1.85 bits per heavy atom. The van der Waals surface area contributed by atoms with Crippen molar-refractivity contribution < 1.29 is 14.4 Å². The minimum atomic E-state index is -0.795. The van der Waals surface area contributed by atoms with E-state index in [0.29, 0.717) is 31.2 Å². The first kappa shape index (κ1) is 21.0. The standard InChI is InChI=1S/C18H30N4O3.ClH/c1-17(2,3)13-4-6-18(7-5-13)15(24)22(16(25)21-18)11-14(23)20-10-12-8-19-9-12;/h12-13,19H,4-11H2,1-3H3,(H,20,23)(H,21,25);1H. The van der Waals surface area contributed by atoms with Crippen molar-refractivity contribution in [3.05, 3.63) is 0 Å². The van der Waals surface area contributed by atoms with Crippen molar-refractivity contribution in [1.82, 2.24) is 20.9 Å². The fourth-order valence-corrected chi connectivity index (χ4v) is 4.09. The van der Waals surface area contributed by atoms with Crippen LogP contribution < -0.4 is 16.0 Å². The van der Waals surface area contributed by atoms with Gasteiger partial charge in [0.1, 0.15) is 12.1 Å². The van der Waals surface area contributed by atoms with Crippen molar-refractivity contribution in [2.45, 2.75) is 52.0 Å². The highest BCUT2D eigenvalue weighted by molar-refractivity contribution is 6.09. The fraction of sp³-hybridized carbons (Fsp3) is 0.833. The number of nitrogens with one attached hydrogen (secondary N) is 3. The van der Waals surface area contributed by atoms with Gasteiger partial charge in [0.05, 0.1) is 0 Å². The fourth-order valence-electron chi connectivity index (χ4n) is 4.09. The van der Waals surface area contributed by atoms with Crippen LogP contribution in [0.4, 0.5) is 4.79 Å². The normalized spacial score (nSPS) is 29.2. The van der Waals surface area contributed by atoms with Crippen molar-refractivity contribution in [3.8, 4) is 0 Å². The van der Waals surface area contributed by atoms with Gasteiger partial charge < -0.3 is 16.0 Å². The van der Waals surface area contributed by atoms with Gasteiger partial charge >= 0.3 is 6.03 Å². The molecule has 3 fully saturated rings. The molecule has 2 saturated heterocycles. The van der Waals surface area contributed by atoms with E-state index in [2.05, 4.69) is 36.7 Å². The third kappa shape index (κ3) is 4.14. The predicted octanol–water partition coefficient (Wildman–Crippen LogP) is 1.27. The van der Waals surface area contributed by atoms with Gasteiger partial charge in [0, 0.05) is 25.6 Å². The molecular weight excluding hydrogens is 356 g/mol. The molecule has 1 aliphatic carbocycles. The number of rotatable bonds is 4. The molecule has 2 heterocycles. The summed E-state index contributed by atoms with van der Waals surface area (Å²) in [6.07, 6.45) is 3.16. The van der Waals surface area contributed by atoms with Crippen LogP contribution in [0.1, 0.15) is 46.5 Å². The van der Waals surface area contributed by atoms with Crippen LogP contribution >= 0.6 is 12.4 Å². The molecule has 3 N–H and O–H groups in total. The summed E-state index contributed by atoms with van der Waals surface area (Å²) >= 11 is 0. The third-order valence-electron chi connectivity index (χ3n) is 6.07. The van der Waals surface area contributed by atoms with Gasteiger partial charge in [-0.15, -0.1) is 12.4 Å². The molecule has 3 aliphatic rings. The highest BCUT2D eigenvalue weighted by Gasteiger charge is 2.53. The van der Waals surface area contributed by atoms with Gasteiger partial charge in [0.2, 0.25) is 5.91 Å². The average molecular weight is 387 g/mol. The first-order valence-electron chi connectivity index (χ1n) is 9.33. The second kappa shape index (κ2) is 7.72. The third-order valence-corrected chi connectivity index (χ3v) is 6.07. The topological polar surface area (TPSA) is 90.5 Å². The first-order chi connectivity index (χ1) is 11.7. The SMILES string of the molecule is CC(C)(C)C1CCC2(CC1)NC(=O)N(CC(=O)NCC1CNC1)C2=O.Cl. The molecular formula is C18H31ClN4O3. The highest BCUT2D eigenvalue weighted by atomic mass is 35.5. The van der Waals surface area contributed by atoms with Crippen LogP contribution in [0.25, 0.3) is 0 Å². The number of imide groups is 1. The van der Waals surface area contributed by atoms with Crippen LogP contribution in [0.2, 0.25) is 0 Å². The van der Waals surface area contributed by atoms with Crippen molar-refractivity contribution in [2.24, 2.45) is 17.3 Å². The van der Waals surface area contributed by atoms with E-state index in [4.69, 9.17) is 0 Å². The molecule has 0 radical (unpaired) electrons. The molecule has 0 aromatic rings. The monoisotopic (exact) mass is 386 g/mol. The Balaban J connectivity index is 0.00000243. The van der Waals surface area contributed by atoms with E-state index in [-0.39, 0.29) is 36.2 Å². The van der Waals surface area contributed by atoms with E-state index in [1.165, 1.54) is 0 Å². The summed E-state index contributed by atoms with van der Waals surface area (Å²) in [5, 5.41) is 8.84. The van der Waals surface area contributed by atoms with Crippen LogP contribution in [0.15, 0.2) is 0 Å². The number of carbonyl (C=O) groups is 3. The van der Waals surface area contributed by atoms with Crippen LogP contribution in [-0.2, 0) is 9.59 Å². The molecule has 26 heavy (non-hydrogen) atoms. The van der Waals surface area contributed by atoms with Gasteiger partial charge in [-0.3, -0.25) is 14.5 Å². The van der Waals surface area contributed by atoms with E-state index in [1.807, 2.05) is 0 Å². The zero-order valence-electron chi connectivity index (χ0n) is 15.9. The summed E-state index contributed by atoms with van der Waals surface area (Å²) in [5.74, 6) is 0.503. The summed E-state index contributed by atoms with van der Waals surface area (Å²) in [4.78, 5) is 38.3. The van der Waals surface area contributed by atoms with Crippen molar-refractivity contribution in [2.75, 3.05) is 26.2 Å². The molecule has 2 aliphatic heterocycles. The molecule has 4 amide bonds. The Morgan fingerprint density at radius 1 is 1.23 bits per heavy atom. The molecule has 0 unspecified atom stereocenters. The second-order valence-electron chi connectivity index (χ2n) is 8.87. The van der Waals surface area contributed by atoms with Gasteiger partial charge in [0.15, 0.2) is 0 Å². The smallest absolute Gasteiger partial charge is 0.325 e. The number of amides is 4. The molecule has 8 heteroatoms. The summed E-state index contributed by atoms with van der Waals surface area (Å²) in [6.45, 7) is 8.88. The lowest BCUT2D eigenvalue weighted by Gasteiger charge is -2.40. The zero-order valence-corrected chi connectivity index (χ0v) is 16.7. The first-order valence-corrected chi connectivity index (χ1v) is 9.33. The summed E-state index contributed by atoms with van der Waals surface area (Å²) in [5.41, 5.74) is -0.583. The number of carbonyl (C=O) groups excluding carboxylic acids is 3. The maximum atomic E-state index is 12.8. The van der Waals surface area contributed by atoms with Crippen molar-refractivity contribution in [1.29, 1.82) is 0 Å². The van der Waals surface area contributed by atoms with E-state index >= 15 is 0 Å². The molecule has 0 aromatic carbocycles. The van der Waals surface area contributed by atoms with Gasteiger partial charge in [-0.1, -0.05) is 20.8 Å². The molecule has 0 atom stereocenters. The second-order valence-corrected chi connectivity index (χ2v) is 8.87. The van der Waals surface area contributed by atoms with Gasteiger partial charge in [-0.2, -0.15) is 0 Å². The predicted molar refractivity (Wildman–Crippen MR) is 101 cm³/mol. The van der Waals surface area contributed by atoms with E-state index < -0.39 is 11.6 Å². The summed E-state index contributed by atoms with van der Waals surface area (Å²) in [7, 11) is 0. The van der Waals surface area contributed by atoms with Gasteiger partial charge in [-0.05, 0) is 37.0 Å². The van der Waals surface area contributed by atoms with Crippen molar-refractivity contribution >= 4 is 30.3 Å². The largest absolute Gasteiger partial charge is 0.354 e. The molecule has 0 bridgehead atoms. The molecule has 3 rings (SSSR count). The number of nitrogens with zero attached hydrogens (tertiary/aromatic N) is 1. The highest BCUT2D eigenvalue weighted by Crippen LogP contribution is 2.43. The van der Waals surface area contributed by atoms with Crippen LogP contribution in [0.3, 0.4) is 0 Å². The minimum Gasteiger partial charge on any atom is -0.354 e. The Labute approximate surface area is 161 Å². The lowest BCUT2D eigenvalue weighted by molar-refractivity contribution is -0.136. The molecule has 0 aromatic heterocycles. The van der Waals surface area contributed by atoms with Gasteiger partial charge in [-0.25, -0.2) is 4.79 Å². The Hall–Kier alpha value is -1.34. The van der Waals surface area contributed by atoms with Gasteiger partial charge in [0.25, 0.3) is 5.91 Å². The van der Waals surface area contributed by atoms with Crippen LogP contribution in [-0.4, -0.2) is 54.5 Å². The van der Waals surface area contributed by atoms with Crippen LogP contribution in [0.5, 0.6) is 0 Å². The van der Waals surface area contributed by atoms with E-state index in [1.54, 1.807) is 0 Å². The Kier molecular flexibility index (Phi) is 6.23. The number of hydrogen-bond donors (Lipinski definition) is 3. The quantitative estimate of drug-likeness (QED) is 0.634. The Morgan fingerprint density at radius 3 is 2.35 bits per heavy atom. The van der Waals surface area contributed by atoms with E-state index in [9.17, 15) is 14.4 Å². The lowest BCUT2D eigenvalue weighted by Crippen LogP contribution is -2.51. The average Bonchev–Trinajstić information content (AvgIpc) is 2.70. The number of urea groups is 1. The maximum absolute atomic E-state index is 12.8. The number of hydrogen-bond acceptors (Lipinski definition) is 4.